The molecule has 0 unspecified atom stereocenters. The summed E-state index contributed by atoms with van der Waals surface area (Å²) in [7, 11) is -2.43. The minimum absolute atomic E-state index is 0.0195. The van der Waals surface area contributed by atoms with Crippen LogP contribution in [-0.2, 0) is 23.2 Å². The summed E-state index contributed by atoms with van der Waals surface area (Å²) in [6.45, 7) is 0.495. The van der Waals surface area contributed by atoms with Gasteiger partial charge < -0.3 is 10.1 Å². The highest BCUT2D eigenvalue weighted by atomic mass is 32.2. The average Bonchev–Trinajstić information content (AvgIpc) is 3.19. The molecule has 1 N–H and O–H groups in total. The maximum absolute atomic E-state index is 14.9. The minimum Gasteiger partial charge on any atom is -0.477 e. The topological polar surface area (TPSA) is 102 Å². The van der Waals surface area contributed by atoms with E-state index >= 15 is 0 Å². The van der Waals surface area contributed by atoms with E-state index in [-0.39, 0.29) is 23.8 Å². The lowest BCUT2D eigenvalue weighted by Gasteiger charge is -2.44. The van der Waals surface area contributed by atoms with Gasteiger partial charge >= 0.3 is 6.18 Å². The van der Waals surface area contributed by atoms with Crippen molar-refractivity contribution in [1.82, 2.24) is 24.1 Å². The molecule has 4 rings (SSSR count). The van der Waals surface area contributed by atoms with E-state index in [1.54, 1.807) is 0 Å². The second-order valence-electron chi connectivity index (χ2n) is 9.49. The van der Waals surface area contributed by atoms with Crippen LogP contribution in [0.4, 0.5) is 32.3 Å². The molecule has 0 spiro atoms. The summed E-state index contributed by atoms with van der Waals surface area (Å²) < 4.78 is 114. The second kappa shape index (κ2) is 9.04. The Labute approximate surface area is 202 Å². The van der Waals surface area contributed by atoms with E-state index in [4.69, 9.17) is 4.74 Å². The Morgan fingerprint density at radius 2 is 1.94 bits per heavy atom. The first-order valence-electron chi connectivity index (χ1n) is 10.9. The summed E-state index contributed by atoms with van der Waals surface area (Å²) in [5, 5.41) is 6.41. The highest BCUT2D eigenvalue weighted by Gasteiger charge is 2.54. The van der Waals surface area contributed by atoms with Gasteiger partial charge in [-0.3, -0.25) is 4.68 Å². The van der Waals surface area contributed by atoms with Gasteiger partial charge in [0, 0.05) is 50.8 Å². The zero-order valence-corrected chi connectivity index (χ0v) is 20.1. The van der Waals surface area contributed by atoms with Crippen LogP contribution < -0.4 is 10.1 Å². The summed E-state index contributed by atoms with van der Waals surface area (Å²) in [6, 6.07) is -0.988. The first-order valence-corrected chi connectivity index (χ1v) is 12.4. The van der Waals surface area contributed by atoms with E-state index < -0.39 is 77.2 Å². The van der Waals surface area contributed by atoms with Gasteiger partial charge in [-0.05, 0) is 6.42 Å². The van der Waals surface area contributed by atoms with Crippen molar-refractivity contribution in [3.05, 3.63) is 24.2 Å². The summed E-state index contributed by atoms with van der Waals surface area (Å²) in [5.41, 5.74) is -2.31. The number of hydrogen-bond acceptors (Lipinski definition) is 7. The lowest BCUT2D eigenvalue weighted by molar-refractivity contribution is -0.167. The molecule has 2 aliphatic rings. The van der Waals surface area contributed by atoms with Crippen molar-refractivity contribution < 1.29 is 39.5 Å². The Hall–Kier alpha value is -2.62. The van der Waals surface area contributed by atoms with Crippen LogP contribution in [0.2, 0.25) is 0 Å². The van der Waals surface area contributed by atoms with Gasteiger partial charge in [0.05, 0.1) is 18.8 Å². The fraction of sp³-hybridized carbons (Fsp3) is 0.650. The smallest absolute Gasteiger partial charge is 0.423 e. The first kappa shape index (κ1) is 26.4. The minimum atomic E-state index is -4.87. The van der Waals surface area contributed by atoms with E-state index in [2.05, 4.69) is 20.4 Å². The van der Waals surface area contributed by atoms with E-state index in [0.29, 0.717) is 6.20 Å². The van der Waals surface area contributed by atoms with Gasteiger partial charge in [-0.2, -0.15) is 27.6 Å². The molecule has 2 aromatic heterocycles. The molecule has 0 amide bonds. The summed E-state index contributed by atoms with van der Waals surface area (Å²) in [6.07, 6.45) is -4.76. The van der Waals surface area contributed by atoms with Crippen LogP contribution in [0.3, 0.4) is 0 Å². The predicted molar refractivity (Wildman–Crippen MR) is 114 cm³/mol. The fourth-order valence-corrected chi connectivity index (χ4v) is 5.84. The number of rotatable bonds is 7. The first-order chi connectivity index (χ1) is 16.6. The van der Waals surface area contributed by atoms with Crippen molar-refractivity contribution in [2.24, 2.45) is 12.5 Å². The Bertz CT molecular complexity index is 1210. The molecular formula is C20H24F6N6O3S. The normalized spacial score (nSPS) is 24.2. The number of piperidine rings is 1. The molecule has 2 aromatic rings. The van der Waals surface area contributed by atoms with Crippen LogP contribution >= 0.6 is 0 Å². The molecule has 2 fully saturated rings. The van der Waals surface area contributed by atoms with E-state index in [1.165, 1.54) is 24.9 Å². The van der Waals surface area contributed by atoms with Crippen LogP contribution in [0.15, 0.2) is 23.5 Å². The molecule has 200 valence electrons. The Balaban J connectivity index is 1.45. The van der Waals surface area contributed by atoms with Crippen molar-refractivity contribution in [3.8, 4) is 5.88 Å². The van der Waals surface area contributed by atoms with Gasteiger partial charge in [0.2, 0.25) is 27.8 Å². The monoisotopic (exact) mass is 542 g/mol. The molecule has 1 aliphatic carbocycles. The van der Waals surface area contributed by atoms with Gasteiger partial charge in [0.15, 0.2) is 0 Å². The number of nitrogens with zero attached hydrogens (tertiary/aromatic N) is 5. The molecular weight excluding hydrogens is 518 g/mol. The van der Waals surface area contributed by atoms with Gasteiger partial charge in [-0.25, -0.2) is 26.6 Å². The number of halogens is 6. The molecule has 1 saturated heterocycles. The maximum Gasteiger partial charge on any atom is 0.423 e. The lowest BCUT2D eigenvalue weighted by Crippen LogP contribution is -2.50. The zero-order valence-electron chi connectivity index (χ0n) is 19.3. The van der Waals surface area contributed by atoms with Crippen molar-refractivity contribution in [2.75, 3.05) is 25.0 Å². The Morgan fingerprint density at radius 1 is 1.25 bits per heavy atom. The van der Waals surface area contributed by atoms with Crippen molar-refractivity contribution in [1.29, 1.82) is 0 Å². The number of sulfonamides is 1. The average molecular weight is 543 g/mol. The number of ether oxygens (including phenoxy) is 1. The van der Waals surface area contributed by atoms with Crippen LogP contribution in [0.1, 0.15) is 31.7 Å². The van der Waals surface area contributed by atoms with Crippen molar-refractivity contribution >= 4 is 16.0 Å². The summed E-state index contributed by atoms with van der Waals surface area (Å²) in [4.78, 5) is 7.24. The molecule has 36 heavy (non-hydrogen) atoms. The number of alkyl halides is 6. The van der Waals surface area contributed by atoms with Gasteiger partial charge in [0.1, 0.15) is 16.6 Å². The highest BCUT2D eigenvalue weighted by molar-refractivity contribution is 7.89. The highest BCUT2D eigenvalue weighted by Crippen LogP contribution is 2.52. The third-order valence-corrected chi connectivity index (χ3v) is 7.94. The molecule has 2 atom stereocenters. The van der Waals surface area contributed by atoms with Crippen LogP contribution in [0, 0.1) is 5.41 Å². The van der Waals surface area contributed by atoms with Crippen LogP contribution in [0.5, 0.6) is 5.88 Å². The lowest BCUT2D eigenvalue weighted by atomic mass is 9.68. The third-order valence-electron chi connectivity index (χ3n) is 6.12. The van der Waals surface area contributed by atoms with E-state index in [0.717, 1.165) is 10.5 Å². The predicted octanol–water partition coefficient (Wildman–Crippen LogP) is 3.26. The zero-order chi connectivity index (χ0) is 26.5. The van der Waals surface area contributed by atoms with Crippen LogP contribution in [0.25, 0.3) is 0 Å². The fourth-order valence-electron chi connectivity index (χ4n) is 4.39. The van der Waals surface area contributed by atoms with E-state index in [1.807, 2.05) is 0 Å². The Morgan fingerprint density at radius 3 is 2.50 bits per heavy atom. The quantitative estimate of drug-likeness (QED) is 0.536. The van der Waals surface area contributed by atoms with Gasteiger partial charge in [-0.15, -0.1) is 0 Å². The van der Waals surface area contributed by atoms with Crippen molar-refractivity contribution in [2.45, 2.75) is 55.4 Å². The van der Waals surface area contributed by atoms with Crippen molar-refractivity contribution in [3.63, 3.8) is 0 Å². The molecule has 9 nitrogen and oxygen atoms in total. The van der Waals surface area contributed by atoms with Crippen LogP contribution in [-0.4, -0.2) is 70.3 Å². The molecule has 3 heterocycles. The molecule has 16 heteroatoms. The molecule has 1 aliphatic heterocycles. The Kier molecular flexibility index (Phi) is 6.64. The number of aryl methyl sites for hydroxylation is 1. The number of anilines is 1. The maximum atomic E-state index is 14.9. The summed E-state index contributed by atoms with van der Waals surface area (Å²) >= 11 is 0. The number of hydrogen-bond donors (Lipinski definition) is 1. The SMILES string of the molecule is Cn1cc(S(=O)(=O)N2CC[C@@H](Nc3ncc(C(F)(F)F)c(OCC4(C)CC(F)(F)C4)n3)[C@H](F)C2)cn1. The van der Waals surface area contributed by atoms with E-state index in [9.17, 15) is 34.8 Å². The van der Waals surface area contributed by atoms with Gasteiger partial charge in [-0.1, -0.05) is 6.92 Å². The largest absolute Gasteiger partial charge is 0.477 e. The standard InChI is InChI=1S/C20H24F6N6O3S/c1-18(9-19(22,23)10-18)11-35-16-13(20(24,25)26)6-27-17(30-16)29-15-3-4-32(8-14(15)21)36(33,34)12-5-28-31(2)7-12/h5-7,14-15H,3-4,8-11H2,1-2H3,(H,27,29,30)/t14-,15-/m1/s1. The second-order valence-corrected chi connectivity index (χ2v) is 11.4. The van der Waals surface area contributed by atoms with Gasteiger partial charge in [0.25, 0.3) is 0 Å². The molecule has 0 radical (unpaired) electrons. The number of aromatic nitrogens is 4. The molecule has 0 bridgehead atoms. The third kappa shape index (κ3) is 5.53. The molecule has 0 aromatic carbocycles. The molecule has 1 saturated carbocycles. The summed E-state index contributed by atoms with van der Waals surface area (Å²) in [5.74, 6) is -4.11. The number of nitrogens with one attached hydrogen (secondary N) is 1.